The molecule has 9 heteroatoms. The number of benzene rings is 2. The molecule has 1 aliphatic carbocycles. The molecule has 4 rings (SSSR count). The Morgan fingerprint density at radius 3 is 2.00 bits per heavy atom. The quantitative estimate of drug-likeness (QED) is 0.250. The Balaban J connectivity index is 1.39. The average Bonchev–Trinajstić information content (AvgIpc) is 2.85. The van der Waals surface area contributed by atoms with E-state index in [9.17, 15) is 30.7 Å². The van der Waals surface area contributed by atoms with Gasteiger partial charge in [-0.1, -0.05) is 19.8 Å². The summed E-state index contributed by atoms with van der Waals surface area (Å²) in [7, 11) is 0. The summed E-state index contributed by atoms with van der Waals surface area (Å²) in [6, 6.07) is 2.08. The van der Waals surface area contributed by atoms with Crippen molar-refractivity contribution >= 4 is 0 Å². The Hall–Kier alpha value is -2.29. The topological polar surface area (TPSA) is 18.5 Å². The molecular formula is C28H31F7O2. The fourth-order valence-electron chi connectivity index (χ4n) is 5.64. The summed E-state index contributed by atoms with van der Waals surface area (Å²) in [5, 5.41) is 0. The maximum Gasteiger partial charge on any atom is 0.432 e. The Morgan fingerprint density at radius 1 is 0.838 bits per heavy atom. The molecule has 2 aliphatic rings. The number of rotatable bonds is 8. The third kappa shape index (κ3) is 6.41. The smallest absolute Gasteiger partial charge is 0.429 e. The number of alkyl halides is 2. The highest BCUT2D eigenvalue weighted by Gasteiger charge is 2.42. The van der Waals surface area contributed by atoms with Crippen LogP contribution in [0.15, 0.2) is 24.3 Å². The van der Waals surface area contributed by atoms with Crippen LogP contribution in [0.2, 0.25) is 0 Å². The molecule has 2 atom stereocenters. The van der Waals surface area contributed by atoms with Gasteiger partial charge in [0.05, 0.1) is 6.10 Å². The number of ether oxygens (including phenoxy) is 2. The van der Waals surface area contributed by atoms with Crippen LogP contribution in [0, 0.1) is 40.9 Å². The predicted molar refractivity (Wildman–Crippen MR) is 124 cm³/mol. The number of hydrogen-bond acceptors (Lipinski definition) is 2. The van der Waals surface area contributed by atoms with Crippen LogP contribution in [0.5, 0.6) is 5.75 Å². The van der Waals surface area contributed by atoms with Gasteiger partial charge >= 0.3 is 6.11 Å². The van der Waals surface area contributed by atoms with Crippen molar-refractivity contribution in [2.75, 3.05) is 6.61 Å². The Kier molecular flexibility index (Phi) is 8.71. The van der Waals surface area contributed by atoms with E-state index < -0.39 is 46.5 Å². The molecule has 2 unspecified atom stereocenters. The molecule has 1 saturated heterocycles. The minimum Gasteiger partial charge on any atom is -0.429 e. The van der Waals surface area contributed by atoms with Crippen molar-refractivity contribution in [1.82, 2.24) is 0 Å². The summed E-state index contributed by atoms with van der Waals surface area (Å²) in [5.74, 6) is -8.79. The summed E-state index contributed by atoms with van der Waals surface area (Å²) in [4.78, 5) is 0. The molecule has 37 heavy (non-hydrogen) atoms. The van der Waals surface area contributed by atoms with Crippen molar-refractivity contribution in [3.63, 3.8) is 0 Å². The molecule has 1 saturated carbocycles. The van der Waals surface area contributed by atoms with E-state index in [1.54, 1.807) is 0 Å². The van der Waals surface area contributed by atoms with Gasteiger partial charge in [0.15, 0.2) is 17.5 Å². The molecule has 0 amide bonds. The highest BCUT2D eigenvalue weighted by molar-refractivity contribution is 5.33. The van der Waals surface area contributed by atoms with Gasteiger partial charge in [-0.15, -0.1) is 0 Å². The zero-order chi connectivity index (χ0) is 26.7. The summed E-state index contributed by atoms with van der Waals surface area (Å²) >= 11 is 0. The van der Waals surface area contributed by atoms with Gasteiger partial charge in [0.1, 0.15) is 22.9 Å². The lowest BCUT2D eigenvalue weighted by atomic mass is 9.75. The minimum atomic E-state index is -4.59. The molecule has 1 heterocycles. The van der Waals surface area contributed by atoms with E-state index in [1.807, 2.05) is 0 Å². The Bertz CT molecular complexity index is 1030. The fourth-order valence-corrected chi connectivity index (χ4v) is 5.64. The molecule has 204 valence electrons. The first kappa shape index (κ1) is 27.7. The largest absolute Gasteiger partial charge is 0.432 e. The minimum absolute atomic E-state index is 0.177. The van der Waals surface area contributed by atoms with Gasteiger partial charge in [0.2, 0.25) is 0 Å². The van der Waals surface area contributed by atoms with E-state index in [1.165, 1.54) is 19.3 Å². The van der Waals surface area contributed by atoms with Crippen LogP contribution in [0.3, 0.4) is 0 Å². The van der Waals surface area contributed by atoms with Crippen LogP contribution in [0.25, 0.3) is 0 Å². The SMILES string of the molecule is CCCCC1CCC(C2CCC(c3cc(F)c(C(F)(F)Oc4cc(F)c(F)c(F)c4)c(F)c3)CC2)OC1. The third-order valence-corrected chi connectivity index (χ3v) is 7.70. The van der Waals surface area contributed by atoms with Crippen LogP contribution in [0.1, 0.15) is 81.8 Å². The highest BCUT2D eigenvalue weighted by Crippen LogP contribution is 2.42. The van der Waals surface area contributed by atoms with Crippen molar-refractivity contribution in [3.8, 4) is 5.75 Å². The van der Waals surface area contributed by atoms with E-state index in [2.05, 4.69) is 11.7 Å². The first-order chi connectivity index (χ1) is 17.6. The van der Waals surface area contributed by atoms with Gasteiger partial charge in [-0.05, 0) is 80.4 Å². The molecule has 0 spiro atoms. The van der Waals surface area contributed by atoms with E-state index in [0.29, 0.717) is 24.7 Å². The van der Waals surface area contributed by atoms with Gasteiger partial charge < -0.3 is 9.47 Å². The van der Waals surface area contributed by atoms with Crippen molar-refractivity contribution in [3.05, 3.63) is 64.5 Å². The van der Waals surface area contributed by atoms with Gasteiger partial charge in [-0.3, -0.25) is 0 Å². The fraction of sp³-hybridized carbons (Fsp3) is 0.571. The standard InChI is InChI=1S/C28H31F7O2/c1-2-3-4-16-5-10-25(36-15-16)18-8-6-17(7-9-18)19-11-21(29)26(22(30)12-19)28(34,35)37-20-13-23(31)27(33)24(32)14-20/h11-14,16-18,25H,2-10,15H2,1H3. The van der Waals surface area contributed by atoms with Crippen LogP contribution < -0.4 is 4.74 Å². The van der Waals surface area contributed by atoms with Crippen molar-refractivity contribution < 1.29 is 40.2 Å². The van der Waals surface area contributed by atoms with Crippen molar-refractivity contribution in [1.29, 1.82) is 0 Å². The van der Waals surface area contributed by atoms with Crippen LogP contribution in [-0.2, 0) is 10.8 Å². The third-order valence-electron chi connectivity index (χ3n) is 7.70. The lowest BCUT2D eigenvalue weighted by Crippen LogP contribution is -2.34. The van der Waals surface area contributed by atoms with Gasteiger partial charge in [0.25, 0.3) is 0 Å². The maximum absolute atomic E-state index is 14.8. The molecule has 2 nitrogen and oxygen atoms in total. The molecule has 2 aromatic rings. The van der Waals surface area contributed by atoms with Gasteiger partial charge in [0, 0.05) is 18.7 Å². The van der Waals surface area contributed by atoms with Crippen LogP contribution >= 0.6 is 0 Å². The van der Waals surface area contributed by atoms with Gasteiger partial charge in [-0.25, -0.2) is 22.0 Å². The summed E-state index contributed by atoms with van der Waals surface area (Å²) in [6.45, 7) is 2.95. The number of halogens is 7. The van der Waals surface area contributed by atoms with E-state index in [4.69, 9.17) is 4.74 Å². The van der Waals surface area contributed by atoms with Crippen LogP contribution in [-0.4, -0.2) is 12.7 Å². The first-order valence-corrected chi connectivity index (χ1v) is 12.9. The predicted octanol–water partition coefficient (Wildman–Crippen LogP) is 8.77. The average molecular weight is 533 g/mol. The monoisotopic (exact) mass is 532 g/mol. The Morgan fingerprint density at radius 2 is 1.46 bits per heavy atom. The molecule has 0 bridgehead atoms. The molecule has 0 radical (unpaired) electrons. The van der Waals surface area contributed by atoms with E-state index >= 15 is 0 Å². The second-order valence-electron chi connectivity index (χ2n) is 10.2. The van der Waals surface area contributed by atoms with E-state index in [-0.39, 0.29) is 29.7 Å². The lowest BCUT2D eigenvalue weighted by Gasteiger charge is -2.38. The second kappa shape index (κ2) is 11.6. The normalized spacial score (nSPS) is 24.8. The first-order valence-electron chi connectivity index (χ1n) is 12.9. The summed E-state index contributed by atoms with van der Waals surface area (Å²) < 4.78 is 109. The second-order valence-corrected chi connectivity index (χ2v) is 10.2. The molecule has 2 fully saturated rings. The van der Waals surface area contributed by atoms with Crippen molar-refractivity contribution in [2.24, 2.45) is 11.8 Å². The van der Waals surface area contributed by atoms with Crippen LogP contribution in [0.4, 0.5) is 30.7 Å². The summed E-state index contributed by atoms with van der Waals surface area (Å²) in [6.07, 6.45) is 4.27. The molecular weight excluding hydrogens is 501 g/mol. The molecule has 0 N–H and O–H groups in total. The maximum atomic E-state index is 14.8. The number of unbranched alkanes of at least 4 members (excludes halogenated alkanes) is 1. The molecule has 2 aromatic carbocycles. The zero-order valence-corrected chi connectivity index (χ0v) is 20.7. The van der Waals surface area contributed by atoms with E-state index in [0.717, 1.165) is 44.4 Å². The number of hydrogen-bond donors (Lipinski definition) is 0. The molecule has 0 aromatic heterocycles. The van der Waals surface area contributed by atoms with Crippen molar-refractivity contribution in [2.45, 2.75) is 82.8 Å². The molecule has 1 aliphatic heterocycles. The zero-order valence-electron chi connectivity index (χ0n) is 20.7. The lowest BCUT2D eigenvalue weighted by molar-refractivity contribution is -0.189. The highest BCUT2D eigenvalue weighted by atomic mass is 19.3. The summed E-state index contributed by atoms with van der Waals surface area (Å²) in [5.41, 5.74) is -1.40. The Labute approximate surface area is 212 Å². The van der Waals surface area contributed by atoms with Gasteiger partial charge in [-0.2, -0.15) is 8.78 Å².